The molecule has 16 heavy (non-hydrogen) atoms. The molecule has 1 heterocycles. The third kappa shape index (κ3) is 1.77. The fraction of sp³-hybridized carbons (Fsp3) is 0.636. The Balaban J connectivity index is 2.12. The van der Waals surface area contributed by atoms with Crippen LogP contribution in [0.4, 0.5) is 5.82 Å². The fourth-order valence-corrected chi connectivity index (χ4v) is 1.92. The van der Waals surface area contributed by atoms with E-state index >= 15 is 0 Å². The lowest BCUT2D eigenvalue weighted by atomic mass is 10.1. The minimum atomic E-state index is -0.480. The summed E-state index contributed by atoms with van der Waals surface area (Å²) >= 11 is 0. The molecule has 0 bridgehead atoms. The maximum absolute atomic E-state index is 11.3. The summed E-state index contributed by atoms with van der Waals surface area (Å²) in [5.41, 5.74) is 6.44. The summed E-state index contributed by atoms with van der Waals surface area (Å²) in [6, 6.07) is 0. The molecule has 1 aromatic heterocycles. The highest BCUT2D eigenvalue weighted by Gasteiger charge is 2.45. The van der Waals surface area contributed by atoms with E-state index in [4.69, 9.17) is 5.73 Å². The Morgan fingerprint density at radius 1 is 1.75 bits per heavy atom. The van der Waals surface area contributed by atoms with E-state index in [9.17, 15) is 4.79 Å². The van der Waals surface area contributed by atoms with E-state index in [1.807, 2.05) is 4.57 Å². The Labute approximate surface area is 94.6 Å². The number of methoxy groups -OCH3 is 1. The number of imidazole rings is 1. The lowest BCUT2D eigenvalue weighted by molar-refractivity contribution is 0.0596. The molecule has 1 aliphatic carbocycles. The number of anilines is 1. The van der Waals surface area contributed by atoms with Gasteiger partial charge in [0.25, 0.3) is 0 Å². The van der Waals surface area contributed by atoms with E-state index in [-0.39, 0.29) is 5.69 Å². The lowest BCUT2D eigenvalue weighted by Gasteiger charge is -2.06. The first kappa shape index (κ1) is 11.0. The SMILES string of the molecule is COC(=O)c1ncn(CC2CC2(C)C)c1N. The van der Waals surface area contributed by atoms with Gasteiger partial charge < -0.3 is 15.0 Å². The van der Waals surface area contributed by atoms with Gasteiger partial charge in [-0.15, -0.1) is 0 Å². The molecular formula is C11H17N3O2. The molecule has 2 rings (SSSR count). The minimum Gasteiger partial charge on any atom is -0.464 e. The summed E-state index contributed by atoms with van der Waals surface area (Å²) in [5.74, 6) is 0.537. The standard InChI is InChI=1S/C11H17N3O2/c1-11(2)4-7(11)5-14-6-13-8(9(14)12)10(15)16-3/h6-7H,4-5,12H2,1-3H3. The number of carbonyl (C=O) groups is 1. The predicted octanol–water partition coefficient (Wildman–Crippen LogP) is 1.30. The Hall–Kier alpha value is -1.52. The van der Waals surface area contributed by atoms with Gasteiger partial charge in [-0.2, -0.15) is 0 Å². The fourth-order valence-electron chi connectivity index (χ4n) is 1.92. The molecule has 0 saturated heterocycles. The van der Waals surface area contributed by atoms with E-state index in [1.54, 1.807) is 6.33 Å². The van der Waals surface area contributed by atoms with E-state index in [2.05, 4.69) is 23.6 Å². The number of nitrogens with two attached hydrogens (primary N) is 1. The van der Waals surface area contributed by atoms with E-state index < -0.39 is 5.97 Å². The van der Waals surface area contributed by atoms with Crippen molar-refractivity contribution in [1.29, 1.82) is 0 Å². The van der Waals surface area contributed by atoms with Crippen LogP contribution in [-0.4, -0.2) is 22.6 Å². The summed E-state index contributed by atoms with van der Waals surface area (Å²) < 4.78 is 6.42. The van der Waals surface area contributed by atoms with Crippen molar-refractivity contribution in [1.82, 2.24) is 9.55 Å². The maximum Gasteiger partial charge on any atom is 0.360 e. The quantitative estimate of drug-likeness (QED) is 0.784. The van der Waals surface area contributed by atoms with Gasteiger partial charge in [0, 0.05) is 6.54 Å². The lowest BCUT2D eigenvalue weighted by Crippen LogP contribution is -2.10. The molecule has 1 saturated carbocycles. The summed E-state index contributed by atoms with van der Waals surface area (Å²) in [7, 11) is 1.32. The van der Waals surface area contributed by atoms with Crippen LogP contribution in [-0.2, 0) is 11.3 Å². The van der Waals surface area contributed by atoms with Crippen LogP contribution >= 0.6 is 0 Å². The smallest absolute Gasteiger partial charge is 0.360 e. The molecule has 0 spiro atoms. The number of hydrogen-bond donors (Lipinski definition) is 1. The Morgan fingerprint density at radius 3 is 2.88 bits per heavy atom. The van der Waals surface area contributed by atoms with Gasteiger partial charge in [-0.25, -0.2) is 9.78 Å². The van der Waals surface area contributed by atoms with Crippen molar-refractivity contribution in [3.63, 3.8) is 0 Å². The van der Waals surface area contributed by atoms with Gasteiger partial charge in [-0.3, -0.25) is 0 Å². The minimum absolute atomic E-state index is 0.209. The van der Waals surface area contributed by atoms with Crippen LogP contribution in [0.2, 0.25) is 0 Å². The van der Waals surface area contributed by atoms with Crippen molar-refractivity contribution in [3.8, 4) is 0 Å². The molecule has 0 radical (unpaired) electrons. The van der Waals surface area contributed by atoms with Crippen molar-refractivity contribution < 1.29 is 9.53 Å². The third-order valence-corrected chi connectivity index (χ3v) is 3.39. The summed E-state index contributed by atoms with van der Waals surface area (Å²) in [6.45, 7) is 5.28. The molecule has 1 aliphatic rings. The highest BCUT2D eigenvalue weighted by molar-refractivity contribution is 5.92. The van der Waals surface area contributed by atoms with E-state index in [1.165, 1.54) is 13.5 Å². The molecule has 1 unspecified atom stereocenters. The molecule has 1 fully saturated rings. The molecule has 2 N–H and O–H groups in total. The van der Waals surface area contributed by atoms with Crippen LogP contribution in [0.3, 0.4) is 0 Å². The van der Waals surface area contributed by atoms with Crippen LogP contribution in [0.5, 0.6) is 0 Å². The van der Waals surface area contributed by atoms with Crippen molar-refractivity contribution in [2.45, 2.75) is 26.8 Å². The average molecular weight is 223 g/mol. The molecule has 1 aromatic rings. The van der Waals surface area contributed by atoms with E-state index in [0.29, 0.717) is 17.2 Å². The second-order valence-corrected chi connectivity index (χ2v) is 5.01. The predicted molar refractivity (Wildman–Crippen MR) is 59.9 cm³/mol. The van der Waals surface area contributed by atoms with Crippen LogP contribution < -0.4 is 5.73 Å². The second kappa shape index (κ2) is 3.50. The first-order chi connectivity index (χ1) is 7.45. The average Bonchev–Trinajstić information content (AvgIpc) is 2.65. The third-order valence-electron chi connectivity index (χ3n) is 3.39. The number of rotatable bonds is 3. The second-order valence-electron chi connectivity index (χ2n) is 5.01. The highest BCUT2D eigenvalue weighted by Crippen LogP contribution is 2.52. The van der Waals surface area contributed by atoms with Gasteiger partial charge in [-0.05, 0) is 17.8 Å². The first-order valence-electron chi connectivity index (χ1n) is 5.34. The van der Waals surface area contributed by atoms with Gasteiger partial charge >= 0.3 is 5.97 Å². The van der Waals surface area contributed by atoms with Gasteiger partial charge in [0.1, 0.15) is 5.82 Å². The molecule has 1 atom stereocenters. The largest absolute Gasteiger partial charge is 0.464 e. The molecule has 0 amide bonds. The molecule has 88 valence electrons. The van der Waals surface area contributed by atoms with Crippen LogP contribution in [0.1, 0.15) is 30.8 Å². The monoisotopic (exact) mass is 223 g/mol. The number of nitrogens with zero attached hydrogens (tertiary/aromatic N) is 2. The number of esters is 1. The Morgan fingerprint density at radius 2 is 2.38 bits per heavy atom. The summed E-state index contributed by atoms with van der Waals surface area (Å²) in [4.78, 5) is 15.3. The van der Waals surface area contributed by atoms with Crippen LogP contribution in [0.25, 0.3) is 0 Å². The molecule has 0 aromatic carbocycles. The van der Waals surface area contributed by atoms with Gasteiger partial charge in [-0.1, -0.05) is 13.8 Å². The number of ether oxygens (including phenoxy) is 1. The number of carbonyl (C=O) groups excluding carboxylic acids is 1. The zero-order valence-electron chi connectivity index (χ0n) is 9.86. The van der Waals surface area contributed by atoms with Gasteiger partial charge in [0.05, 0.1) is 13.4 Å². The number of aromatic nitrogens is 2. The number of hydrogen-bond acceptors (Lipinski definition) is 4. The topological polar surface area (TPSA) is 70.1 Å². The van der Waals surface area contributed by atoms with Gasteiger partial charge in [0.2, 0.25) is 0 Å². The van der Waals surface area contributed by atoms with Crippen molar-refractivity contribution in [3.05, 3.63) is 12.0 Å². The molecular weight excluding hydrogens is 206 g/mol. The molecule has 0 aliphatic heterocycles. The van der Waals surface area contributed by atoms with Crippen LogP contribution in [0.15, 0.2) is 6.33 Å². The summed E-state index contributed by atoms with van der Waals surface area (Å²) in [6.07, 6.45) is 2.80. The first-order valence-corrected chi connectivity index (χ1v) is 5.34. The van der Waals surface area contributed by atoms with E-state index in [0.717, 1.165) is 6.54 Å². The van der Waals surface area contributed by atoms with Crippen molar-refractivity contribution >= 4 is 11.8 Å². The normalized spacial score (nSPS) is 21.8. The van der Waals surface area contributed by atoms with Crippen molar-refractivity contribution in [2.24, 2.45) is 11.3 Å². The van der Waals surface area contributed by atoms with Crippen molar-refractivity contribution in [2.75, 3.05) is 12.8 Å². The Kier molecular flexibility index (Phi) is 2.40. The zero-order chi connectivity index (χ0) is 11.9. The Bertz CT molecular complexity index is 423. The van der Waals surface area contributed by atoms with Crippen LogP contribution in [0, 0.1) is 11.3 Å². The zero-order valence-corrected chi connectivity index (χ0v) is 9.86. The molecule has 5 nitrogen and oxygen atoms in total. The van der Waals surface area contributed by atoms with Gasteiger partial charge in [0.15, 0.2) is 5.69 Å². The highest BCUT2D eigenvalue weighted by atomic mass is 16.5. The maximum atomic E-state index is 11.3. The number of nitrogen functional groups attached to an aromatic ring is 1. The summed E-state index contributed by atoms with van der Waals surface area (Å²) in [5, 5.41) is 0. The molecule has 5 heteroatoms.